The third kappa shape index (κ3) is 4.01. The van der Waals surface area contributed by atoms with Crippen LogP contribution in [0.5, 0.6) is 11.5 Å². The van der Waals surface area contributed by atoms with Gasteiger partial charge in [0.1, 0.15) is 11.5 Å². The van der Waals surface area contributed by atoms with E-state index in [4.69, 9.17) is 26.2 Å². The smallest absolute Gasteiger partial charge is 0.344 e. The molecule has 8 heteroatoms. The average molecular weight is 363 g/mol. The maximum absolute atomic E-state index is 10.8. The summed E-state index contributed by atoms with van der Waals surface area (Å²) in [6, 6.07) is 11.4. The monoisotopic (exact) mass is 362 g/mol. The lowest BCUT2D eigenvalue weighted by Crippen LogP contribution is -2.35. The van der Waals surface area contributed by atoms with E-state index < -0.39 is 18.3 Å². The maximum atomic E-state index is 10.8. The van der Waals surface area contributed by atoms with Crippen LogP contribution in [0.2, 0.25) is 5.02 Å². The number of nitrogens with one attached hydrogen (secondary N) is 1. The molecule has 0 spiro atoms. The van der Waals surface area contributed by atoms with E-state index >= 15 is 0 Å². The summed E-state index contributed by atoms with van der Waals surface area (Å²) < 4.78 is 10.8. The highest BCUT2D eigenvalue weighted by atomic mass is 35.5. The normalized spacial score (nSPS) is 16.9. The molecule has 3 rings (SSSR count). The van der Waals surface area contributed by atoms with Gasteiger partial charge in [0.25, 0.3) is 0 Å². The largest absolute Gasteiger partial charge is 0.479 e. The second kappa shape index (κ2) is 7.00. The fourth-order valence-electron chi connectivity index (χ4n) is 2.15. The molecule has 0 saturated heterocycles. The van der Waals surface area contributed by atoms with Crippen molar-refractivity contribution in [2.75, 3.05) is 5.32 Å². The van der Waals surface area contributed by atoms with E-state index in [-0.39, 0.29) is 5.90 Å². The maximum Gasteiger partial charge on any atom is 0.344 e. The van der Waals surface area contributed by atoms with Crippen LogP contribution in [0.4, 0.5) is 11.4 Å². The van der Waals surface area contributed by atoms with Gasteiger partial charge in [-0.2, -0.15) is 0 Å². The quantitative estimate of drug-likeness (QED) is 0.773. The number of carboxylic acid groups (broad SMARTS) is 1. The molecular formula is C17H15ClN2O5. The fourth-order valence-corrected chi connectivity index (χ4v) is 2.32. The molecule has 0 aromatic heterocycles. The molecule has 25 heavy (non-hydrogen) atoms. The number of hydrogen-bond donors (Lipinski definition) is 3. The summed E-state index contributed by atoms with van der Waals surface area (Å²) in [5.41, 5.74) is 1.21. The van der Waals surface area contributed by atoms with E-state index in [9.17, 15) is 9.90 Å². The summed E-state index contributed by atoms with van der Waals surface area (Å²) in [5.74, 6) is -0.147. The molecule has 0 saturated carbocycles. The molecule has 0 amide bonds. The number of carboxylic acids is 1. The van der Waals surface area contributed by atoms with Crippen molar-refractivity contribution in [3.8, 4) is 11.5 Å². The van der Waals surface area contributed by atoms with Crippen LogP contribution in [0, 0.1) is 0 Å². The number of rotatable bonds is 4. The number of nitrogens with zero attached hydrogens (tertiary/aromatic N) is 1. The van der Waals surface area contributed by atoms with Crippen molar-refractivity contribution in [2.24, 2.45) is 4.99 Å². The first-order valence-electron chi connectivity index (χ1n) is 7.42. The lowest BCUT2D eigenvalue weighted by Gasteiger charge is -2.23. The fraction of sp³-hybridized carbons (Fsp3) is 0.176. The van der Waals surface area contributed by atoms with E-state index in [1.165, 1.54) is 6.92 Å². The zero-order valence-electron chi connectivity index (χ0n) is 13.1. The van der Waals surface area contributed by atoms with Gasteiger partial charge in [-0.3, -0.25) is 0 Å². The summed E-state index contributed by atoms with van der Waals surface area (Å²) in [5, 5.41) is 22.3. The molecular weight excluding hydrogens is 348 g/mol. The van der Waals surface area contributed by atoms with Gasteiger partial charge in [0, 0.05) is 5.02 Å². The van der Waals surface area contributed by atoms with Crippen molar-refractivity contribution in [1.82, 2.24) is 0 Å². The van der Waals surface area contributed by atoms with Gasteiger partial charge >= 0.3 is 5.97 Å². The van der Waals surface area contributed by atoms with Gasteiger partial charge in [-0.05, 0) is 49.4 Å². The van der Waals surface area contributed by atoms with Crippen LogP contribution in [0.1, 0.15) is 6.92 Å². The molecule has 0 fully saturated rings. The summed E-state index contributed by atoms with van der Waals surface area (Å²) in [6.07, 6.45) is -2.07. The number of aliphatic imine (C=N–C) groups is 1. The summed E-state index contributed by atoms with van der Waals surface area (Å²) in [7, 11) is 0. The number of fused-ring (bicyclic) bond motifs is 1. The molecule has 0 bridgehead atoms. The molecule has 1 aliphatic heterocycles. The number of hydrogen-bond acceptors (Lipinski definition) is 6. The van der Waals surface area contributed by atoms with Gasteiger partial charge in [-0.1, -0.05) is 11.6 Å². The molecule has 2 aromatic rings. The van der Waals surface area contributed by atoms with Crippen LogP contribution in [0.3, 0.4) is 0 Å². The third-order valence-electron chi connectivity index (χ3n) is 3.42. The molecule has 1 unspecified atom stereocenters. The zero-order valence-corrected chi connectivity index (χ0v) is 13.9. The highest BCUT2D eigenvalue weighted by Gasteiger charge is 2.22. The lowest BCUT2D eigenvalue weighted by atomic mass is 10.2. The summed E-state index contributed by atoms with van der Waals surface area (Å²) in [4.78, 5) is 15.1. The van der Waals surface area contributed by atoms with Gasteiger partial charge in [0.2, 0.25) is 12.1 Å². The van der Waals surface area contributed by atoms with E-state index in [1.807, 2.05) is 0 Å². The van der Waals surface area contributed by atoms with Crippen LogP contribution < -0.4 is 14.8 Å². The Kier molecular flexibility index (Phi) is 4.78. The number of aliphatic carboxylic acids is 1. The minimum Gasteiger partial charge on any atom is -0.479 e. The highest BCUT2D eigenvalue weighted by molar-refractivity contribution is 6.31. The van der Waals surface area contributed by atoms with E-state index in [0.717, 1.165) is 0 Å². The molecule has 2 atom stereocenters. The van der Waals surface area contributed by atoms with Crippen LogP contribution in [-0.2, 0) is 4.79 Å². The number of ether oxygens (including phenoxy) is 2. The Morgan fingerprint density at radius 2 is 1.92 bits per heavy atom. The van der Waals surface area contributed by atoms with Crippen molar-refractivity contribution in [3.05, 3.63) is 47.5 Å². The Morgan fingerprint density at radius 1 is 1.24 bits per heavy atom. The Labute approximate surface area is 148 Å². The highest BCUT2D eigenvalue weighted by Crippen LogP contribution is 2.32. The molecule has 0 radical (unpaired) electrons. The lowest BCUT2D eigenvalue weighted by molar-refractivity contribution is -0.144. The number of anilines is 1. The predicted octanol–water partition coefficient (Wildman–Crippen LogP) is 3.04. The first-order valence-corrected chi connectivity index (χ1v) is 7.80. The first kappa shape index (κ1) is 17.1. The van der Waals surface area contributed by atoms with Gasteiger partial charge in [0.05, 0.1) is 11.4 Å². The van der Waals surface area contributed by atoms with Crippen molar-refractivity contribution < 1.29 is 24.5 Å². The van der Waals surface area contributed by atoms with Crippen LogP contribution in [0.15, 0.2) is 47.5 Å². The van der Waals surface area contributed by atoms with E-state index in [2.05, 4.69) is 10.3 Å². The van der Waals surface area contributed by atoms with Crippen molar-refractivity contribution in [2.45, 2.75) is 19.3 Å². The third-order valence-corrected chi connectivity index (χ3v) is 3.66. The van der Waals surface area contributed by atoms with Gasteiger partial charge in [-0.25, -0.2) is 9.79 Å². The number of halogens is 1. The van der Waals surface area contributed by atoms with E-state index in [1.54, 1.807) is 42.5 Å². The Hall–Kier alpha value is -2.77. The minimum atomic E-state index is -1.12. The molecule has 0 aliphatic carbocycles. The molecule has 1 heterocycles. The summed E-state index contributed by atoms with van der Waals surface area (Å²) in [6.45, 7) is 1.44. The van der Waals surface area contributed by atoms with Crippen molar-refractivity contribution in [1.29, 1.82) is 0 Å². The Bertz CT molecular complexity index is 822. The van der Waals surface area contributed by atoms with Crippen molar-refractivity contribution >= 4 is 34.8 Å². The molecule has 3 N–H and O–H groups in total. The van der Waals surface area contributed by atoms with Crippen LogP contribution >= 0.6 is 11.6 Å². The molecule has 1 aliphatic rings. The predicted molar refractivity (Wildman–Crippen MR) is 93.0 cm³/mol. The van der Waals surface area contributed by atoms with Gasteiger partial charge in [0.15, 0.2) is 6.10 Å². The van der Waals surface area contributed by atoms with Crippen molar-refractivity contribution in [3.63, 3.8) is 0 Å². The topological polar surface area (TPSA) is 100 Å². The first-order chi connectivity index (χ1) is 11.9. The number of aliphatic hydroxyl groups is 1. The Balaban J connectivity index is 1.73. The zero-order chi connectivity index (χ0) is 18.0. The second-order valence-corrected chi connectivity index (χ2v) is 5.77. The van der Waals surface area contributed by atoms with E-state index in [0.29, 0.717) is 27.9 Å². The molecule has 7 nitrogen and oxygen atoms in total. The molecule has 2 aromatic carbocycles. The second-order valence-electron chi connectivity index (χ2n) is 5.33. The number of carbonyl (C=O) groups is 1. The minimum absolute atomic E-state index is 0.0856. The van der Waals surface area contributed by atoms with Crippen LogP contribution in [0.25, 0.3) is 0 Å². The number of benzene rings is 2. The standard InChI is InChI=1S/C17H15ClN2O5/c1-9(17(22)23)24-11-3-5-12(6-4-11)25-16-15(21)19-14-8-10(18)2-7-13(14)20-16/h2-9,15,19,21H,1H3,(H,22,23)/t9-,15?/m1/s1. The number of aliphatic hydroxyl groups excluding tert-OH is 1. The van der Waals surface area contributed by atoms with Gasteiger partial charge < -0.3 is 25.0 Å². The van der Waals surface area contributed by atoms with Gasteiger partial charge in [-0.15, -0.1) is 0 Å². The van der Waals surface area contributed by atoms with Crippen LogP contribution in [-0.4, -0.2) is 34.4 Å². The average Bonchev–Trinajstić information content (AvgIpc) is 2.57. The SMILES string of the molecule is C[C@@H](Oc1ccc(OC2=Nc3ccc(Cl)cc3NC2O)cc1)C(=O)O. The summed E-state index contributed by atoms with van der Waals surface area (Å²) >= 11 is 5.91. The Morgan fingerprint density at radius 3 is 2.60 bits per heavy atom. The molecule has 130 valence electrons.